The Hall–Kier alpha value is -2.89. The molecule has 2 aromatic rings. The van der Waals surface area contributed by atoms with Crippen molar-refractivity contribution in [1.82, 2.24) is 19.7 Å². The number of pyridine rings is 1. The quantitative estimate of drug-likeness (QED) is 0.587. The first kappa shape index (κ1) is 27.2. The molecule has 0 spiro atoms. The van der Waals surface area contributed by atoms with E-state index in [-0.39, 0.29) is 31.1 Å². The average Bonchev–Trinajstić information content (AvgIpc) is 2.84. The molecule has 0 aliphatic carbocycles. The first-order valence-electron chi connectivity index (χ1n) is 11.9. The van der Waals surface area contributed by atoms with Crippen molar-refractivity contribution in [2.45, 2.75) is 36.7 Å². The zero-order chi connectivity index (χ0) is 27.0. The van der Waals surface area contributed by atoms with Gasteiger partial charge in [0, 0.05) is 70.0 Å². The molecule has 200 valence electrons. The summed E-state index contributed by atoms with van der Waals surface area (Å²) in [7, 11) is 3.32. The zero-order valence-corrected chi connectivity index (χ0v) is 21.3. The summed E-state index contributed by atoms with van der Waals surface area (Å²) in [4.78, 5) is 33.4. The molecule has 1 unspecified atom stereocenters. The molecular weight excluding hydrogens is 511 g/mol. The number of nitrogens with one attached hydrogen (secondary N) is 1. The number of piperidine rings is 1. The minimum Gasteiger partial charge on any atom is -0.380 e. The highest BCUT2D eigenvalue weighted by atomic mass is 35.5. The molecule has 2 fully saturated rings. The van der Waals surface area contributed by atoms with Crippen LogP contribution in [0, 0.1) is 0 Å². The third-order valence-corrected chi connectivity index (χ3v) is 7.27. The SMILES string of the molecule is CN(C)C(=O)c1ccc(NC2CN(C3CCN(C(=O)C(O)(c4cccnc4)C(F)(F)F)CC3)C2)cc1Cl. The molecule has 1 aromatic carbocycles. The fourth-order valence-electron chi connectivity index (χ4n) is 4.81. The second-order valence-corrected chi connectivity index (χ2v) is 10.1. The van der Waals surface area contributed by atoms with Crippen LogP contribution in [0.2, 0.25) is 5.02 Å². The topological polar surface area (TPSA) is 89.0 Å². The number of halogens is 4. The number of hydrogen-bond donors (Lipinski definition) is 2. The van der Waals surface area contributed by atoms with Gasteiger partial charge in [-0.25, -0.2) is 0 Å². The maximum atomic E-state index is 13.8. The van der Waals surface area contributed by atoms with E-state index < -0.39 is 23.2 Å². The van der Waals surface area contributed by atoms with Gasteiger partial charge in [0.1, 0.15) is 0 Å². The number of carbonyl (C=O) groups is 2. The molecule has 4 rings (SSSR count). The molecule has 1 aromatic heterocycles. The Labute approximate surface area is 218 Å². The van der Waals surface area contributed by atoms with Crippen molar-refractivity contribution in [1.29, 1.82) is 0 Å². The summed E-state index contributed by atoms with van der Waals surface area (Å²) in [5.74, 6) is -1.55. The molecule has 0 bridgehead atoms. The van der Waals surface area contributed by atoms with Crippen molar-refractivity contribution in [2.24, 2.45) is 0 Å². The van der Waals surface area contributed by atoms with Crippen LogP contribution in [0.3, 0.4) is 0 Å². The van der Waals surface area contributed by atoms with Gasteiger partial charge in [0.15, 0.2) is 0 Å². The molecule has 2 N–H and O–H groups in total. The van der Waals surface area contributed by atoms with Crippen LogP contribution < -0.4 is 5.32 Å². The predicted molar refractivity (Wildman–Crippen MR) is 132 cm³/mol. The van der Waals surface area contributed by atoms with Crippen molar-refractivity contribution < 1.29 is 27.9 Å². The summed E-state index contributed by atoms with van der Waals surface area (Å²) >= 11 is 6.28. The van der Waals surface area contributed by atoms with E-state index in [2.05, 4.69) is 15.2 Å². The standard InChI is InChI=1S/C25H29ClF3N5O3/c1-32(2)22(35)20-6-5-17(12-21(20)26)31-18-14-34(15-18)19-7-10-33(11-8-19)23(36)24(37,25(27,28)29)16-4-3-9-30-13-16/h3-6,9,12-13,18-19,31,37H,7-8,10-11,14-15H2,1-2H3. The summed E-state index contributed by atoms with van der Waals surface area (Å²) in [6.45, 7) is 1.70. The van der Waals surface area contributed by atoms with Crippen LogP contribution in [0.15, 0.2) is 42.7 Å². The normalized spacial score (nSPS) is 19.2. The molecular formula is C25H29ClF3N5O3. The molecule has 0 radical (unpaired) electrons. The second-order valence-electron chi connectivity index (χ2n) is 9.66. The highest BCUT2D eigenvalue weighted by molar-refractivity contribution is 6.34. The number of anilines is 1. The van der Waals surface area contributed by atoms with E-state index in [1.54, 1.807) is 32.3 Å². The van der Waals surface area contributed by atoms with Gasteiger partial charge in [0.05, 0.1) is 16.6 Å². The Morgan fingerprint density at radius 2 is 1.84 bits per heavy atom. The molecule has 37 heavy (non-hydrogen) atoms. The number of rotatable bonds is 6. The predicted octanol–water partition coefficient (Wildman–Crippen LogP) is 2.97. The number of likely N-dealkylation sites (tertiary alicyclic amines) is 2. The average molecular weight is 540 g/mol. The summed E-state index contributed by atoms with van der Waals surface area (Å²) in [5.41, 5.74) is -3.00. The Balaban J connectivity index is 1.30. The van der Waals surface area contributed by atoms with Gasteiger partial charge >= 0.3 is 6.18 Å². The minimum absolute atomic E-state index is 0.119. The molecule has 1 atom stereocenters. The van der Waals surface area contributed by atoms with E-state index in [1.807, 2.05) is 0 Å². The van der Waals surface area contributed by atoms with Gasteiger partial charge in [0.2, 0.25) is 0 Å². The number of aliphatic hydroxyl groups is 1. The first-order chi connectivity index (χ1) is 17.4. The van der Waals surface area contributed by atoms with Gasteiger partial charge in [-0.2, -0.15) is 13.2 Å². The van der Waals surface area contributed by atoms with Crippen molar-refractivity contribution in [3.05, 3.63) is 58.9 Å². The van der Waals surface area contributed by atoms with Gasteiger partial charge in [-0.3, -0.25) is 19.5 Å². The van der Waals surface area contributed by atoms with Crippen LogP contribution in [0.1, 0.15) is 28.8 Å². The van der Waals surface area contributed by atoms with Crippen molar-refractivity contribution in [3.8, 4) is 0 Å². The number of alkyl halides is 3. The van der Waals surface area contributed by atoms with Gasteiger partial charge in [-0.05, 0) is 37.1 Å². The maximum Gasteiger partial charge on any atom is 0.430 e. The molecule has 2 amide bonds. The lowest BCUT2D eigenvalue weighted by Crippen LogP contribution is -2.62. The van der Waals surface area contributed by atoms with E-state index in [4.69, 9.17) is 11.6 Å². The smallest absolute Gasteiger partial charge is 0.380 e. The van der Waals surface area contributed by atoms with Crippen LogP contribution in [0.25, 0.3) is 0 Å². The fraction of sp³-hybridized carbons (Fsp3) is 0.480. The van der Waals surface area contributed by atoms with Crippen LogP contribution in [0.5, 0.6) is 0 Å². The third kappa shape index (κ3) is 5.39. The van der Waals surface area contributed by atoms with Crippen LogP contribution in [0.4, 0.5) is 18.9 Å². The van der Waals surface area contributed by atoms with E-state index in [9.17, 15) is 27.9 Å². The highest BCUT2D eigenvalue weighted by Crippen LogP contribution is 2.41. The van der Waals surface area contributed by atoms with E-state index in [1.165, 1.54) is 17.2 Å². The number of aromatic nitrogens is 1. The van der Waals surface area contributed by atoms with E-state index >= 15 is 0 Å². The van der Waals surface area contributed by atoms with Gasteiger partial charge in [-0.15, -0.1) is 0 Å². The zero-order valence-electron chi connectivity index (χ0n) is 20.5. The number of benzene rings is 1. The second kappa shape index (κ2) is 10.5. The molecule has 8 nitrogen and oxygen atoms in total. The Bertz CT molecular complexity index is 1140. The monoisotopic (exact) mass is 539 g/mol. The van der Waals surface area contributed by atoms with Gasteiger partial charge in [0.25, 0.3) is 17.4 Å². The Kier molecular flexibility index (Phi) is 7.68. The lowest BCUT2D eigenvalue weighted by Gasteiger charge is -2.48. The summed E-state index contributed by atoms with van der Waals surface area (Å²) in [6.07, 6.45) is -2.02. The molecule has 2 aliphatic rings. The minimum atomic E-state index is -5.18. The van der Waals surface area contributed by atoms with Crippen molar-refractivity contribution >= 4 is 29.1 Å². The van der Waals surface area contributed by atoms with Crippen LogP contribution in [-0.4, -0.2) is 95.1 Å². The molecule has 3 heterocycles. The summed E-state index contributed by atoms with van der Waals surface area (Å²) in [5, 5.41) is 14.3. The Morgan fingerprint density at radius 1 is 1.16 bits per heavy atom. The maximum absolute atomic E-state index is 13.8. The van der Waals surface area contributed by atoms with E-state index in [0.717, 1.165) is 35.9 Å². The van der Waals surface area contributed by atoms with Crippen molar-refractivity contribution in [3.63, 3.8) is 0 Å². The highest BCUT2D eigenvalue weighted by Gasteiger charge is 2.62. The summed E-state index contributed by atoms with van der Waals surface area (Å²) in [6, 6.07) is 7.80. The molecule has 0 saturated carbocycles. The van der Waals surface area contributed by atoms with Crippen molar-refractivity contribution in [2.75, 3.05) is 45.6 Å². The number of amides is 2. The largest absolute Gasteiger partial charge is 0.430 e. The first-order valence-corrected chi connectivity index (χ1v) is 12.3. The van der Waals surface area contributed by atoms with Gasteiger partial charge < -0.3 is 20.2 Å². The molecule has 12 heteroatoms. The number of hydrogen-bond acceptors (Lipinski definition) is 6. The van der Waals surface area contributed by atoms with E-state index in [0.29, 0.717) is 23.4 Å². The summed E-state index contributed by atoms with van der Waals surface area (Å²) < 4.78 is 41.5. The van der Waals surface area contributed by atoms with Gasteiger partial charge in [-0.1, -0.05) is 17.7 Å². The van der Waals surface area contributed by atoms with Crippen LogP contribution in [-0.2, 0) is 10.4 Å². The lowest BCUT2D eigenvalue weighted by atomic mass is 9.90. The number of carbonyl (C=O) groups excluding carboxylic acids is 2. The third-order valence-electron chi connectivity index (χ3n) is 6.95. The fourth-order valence-corrected chi connectivity index (χ4v) is 5.07. The van der Waals surface area contributed by atoms with Crippen LogP contribution >= 0.6 is 11.6 Å². The molecule has 2 saturated heterocycles. The number of nitrogens with zero attached hydrogens (tertiary/aromatic N) is 4. The molecule has 2 aliphatic heterocycles. The Morgan fingerprint density at radius 3 is 2.38 bits per heavy atom. The lowest BCUT2D eigenvalue weighted by molar-refractivity contribution is -0.262.